The number of hydrogen-bond acceptors (Lipinski definition) is 6. The van der Waals surface area contributed by atoms with Crippen LogP contribution < -0.4 is 10.1 Å². The summed E-state index contributed by atoms with van der Waals surface area (Å²) in [6.45, 7) is 2.04. The Morgan fingerprint density at radius 3 is 2.60 bits per heavy atom. The smallest absolute Gasteiger partial charge is 0.337 e. The summed E-state index contributed by atoms with van der Waals surface area (Å²) in [5, 5.41) is 13.3. The number of nitrogens with one attached hydrogen (secondary N) is 1. The van der Waals surface area contributed by atoms with Gasteiger partial charge in [0.25, 0.3) is 0 Å². The highest BCUT2D eigenvalue weighted by Crippen LogP contribution is 2.19. The summed E-state index contributed by atoms with van der Waals surface area (Å²) in [5.41, 5.74) is 1.24. The Morgan fingerprint density at radius 1 is 1.17 bits per heavy atom. The monoisotopic (exact) mass is 412 g/mol. The van der Waals surface area contributed by atoms with Crippen LogP contribution in [-0.2, 0) is 9.53 Å². The number of aliphatic hydroxyl groups is 1. The van der Waals surface area contributed by atoms with Crippen LogP contribution in [0.15, 0.2) is 54.6 Å². The van der Waals surface area contributed by atoms with Gasteiger partial charge in [-0.2, -0.15) is 0 Å². The zero-order valence-electron chi connectivity index (χ0n) is 17.1. The fourth-order valence-electron chi connectivity index (χ4n) is 3.55. The van der Waals surface area contributed by atoms with Crippen LogP contribution >= 0.6 is 0 Å². The molecule has 30 heavy (non-hydrogen) atoms. The van der Waals surface area contributed by atoms with E-state index in [1.54, 1.807) is 24.3 Å². The number of methoxy groups -OCH3 is 1. The quantitative estimate of drug-likeness (QED) is 0.648. The Morgan fingerprint density at radius 2 is 1.90 bits per heavy atom. The lowest BCUT2D eigenvalue weighted by Gasteiger charge is -2.33. The van der Waals surface area contributed by atoms with E-state index in [9.17, 15) is 14.7 Å². The van der Waals surface area contributed by atoms with E-state index < -0.39 is 12.1 Å². The summed E-state index contributed by atoms with van der Waals surface area (Å²) < 4.78 is 10.3. The molecule has 1 amide bonds. The number of para-hydroxylation sites is 1. The van der Waals surface area contributed by atoms with E-state index in [1.165, 1.54) is 7.11 Å². The van der Waals surface area contributed by atoms with Gasteiger partial charge in [-0.25, -0.2) is 4.79 Å². The van der Waals surface area contributed by atoms with Gasteiger partial charge in [-0.05, 0) is 55.8 Å². The third kappa shape index (κ3) is 6.30. The number of rotatable bonds is 8. The van der Waals surface area contributed by atoms with Gasteiger partial charge in [0.15, 0.2) is 0 Å². The molecule has 0 aromatic heterocycles. The molecule has 0 bridgehead atoms. The van der Waals surface area contributed by atoms with Crippen LogP contribution in [0.1, 0.15) is 23.2 Å². The van der Waals surface area contributed by atoms with E-state index in [1.807, 2.05) is 30.3 Å². The van der Waals surface area contributed by atoms with Crippen LogP contribution in [0.2, 0.25) is 0 Å². The van der Waals surface area contributed by atoms with E-state index in [2.05, 4.69) is 15.0 Å². The number of benzene rings is 2. The molecule has 1 aliphatic heterocycles. The Balaban J connectivity index is 1.44. The van der Waals surface area contributed by atoms with E-state index >= 15 is 0 Å². The topological polar surface area (TPSA) is 88.1 Å². The largest absolute Gasteiger partial charge is 0.491 e. The predicted molar refractivity (Wildman–Crippen MR) is 114 cm³/mol. The van der Waals surface area contributed by atoms with Gasteiger partial charge in [0, 0.05) is 18.8 Å². The zero-order valence-corrected chi connectivity index (χ0v) is 17.1. The number of piperidine rings is 1. The minimum absolute atomic E-state index is 0.0161. The van der Waals surface area contributed by atoms with Crippen LogP contribution in [0.4, 0.5) is 5.69 Å². The first-order valence-corrected chi connectivity index (χ1v) is 10.1. The summed E-state index contributed by atoms with van der Waals surface area (Å²) in [6, 6.07) is 16.0. The molecule has 1 saturated heterocycles. The molecule has 0 radical (unpaired) electrons. The number of anilines is 1. The number of carbonyl (C=O) groups excluding carboxylic acids is 2. The molecule has 0 spiro atoms. The van der Waals surface area contributed by atoms with E-state index in [-0.39, 0.29) is 18.4 Å². The number of aliphatic hydroxyl groups excluding tert-OH is 1. The molecule has 2 aromatic rings. The highest BCUT2D eigenvalue weighted by atomic mass is 16.5. The number of carbonyl (C=O) groups is 2. The number of nitrogens with zero attached hydrogens (tertiary/aromatic N) is 1. The first kappa shape index (κ1) is 21.8. The normalized spacial score (nSPS) is 17.7. The standard InChI is InChI=1S/C23H28N2O5/c1-29-23(28)17-9-11-21(12-10-17)30-16-20(26)15-25-13-5-6-18(14-25)22(27)24-19-7-3-2-4-8-19/h2-4,7-12,18,20,26H,5-6,13-16H2,1H3,(H,24,27)/t18-,20+/m1/s1. The third-order valence-corrected chi connectivity index (χ3v) is 5.10. The van der Waals surface area contributed by atoms with Crippen molar-refractivity contribution >= 4 is 17.6 Å². The number of esters is 1. The van der Waals surface area contributed by atoms with Gasteiger partial charge < -0.3 is 19.9 Å². The van der Waals surface area contributed by atoms with Crippen molar-refractivity contribution in [3.8, 4) is 5.75 Å². The molecule has 7 nitrogen and oxygen atoms in total. The first-order valence-electron chi connectivity index (χ1n) is 10.1. The van der Waals surface area contributed by atoms with Crippen molar-refractivity contribution in [1.29, 1.82) is 0 Å². The minimum Gasteiger partial charge on any atom is -0.491 e. The number of likely N-dealkylation sites (tertiary alicyclic amines) is 1. The molecule has 2 N–H and O–H groups in total. The first-order chi connectivity index (χ1) is 14.5. The molecule has 7 heteroatoms. The molecule has 1 aliphatic rings. The summed E-state index contributed by atoms with van der Waals surface area (Å²) >= 11 is 0. The van der Waals surface area contributed by atoms with E-state index in [4.69, 9.17) is 4.74 Å². The molecule has 1 fully saturated rings. The Labute approximate surface area is 176 Å². The van der Waals surface area contributed by atoms with Gasteiger partial charge in [0.2, 0.25) is 5.91 Å². The number of hydrogen-bond donors (Lipinski definition) is 2. The second-order valence-electron chi connectivity index (χ2n) is 7.43. The van der Waals surface area contributed by atoms with Crippen molar-refractivity contribution in [2.24, 2.45) is 5.92 Å². The summed E-state index contributed by atoms with van der Waals surface area (Å²) in [5.74, 6) is 0.0817. The molecular weight excluding hydrogens is 384 g/mol. The van der Waals surface area contributed by atoms with Gasteiger partial charge in [-0.3, -0.25) is 9.69 Å². The average molecular weight is 412 g/mol. The minimum atomic E-state index is -0.679. The van der Waals surface area contributed by atoms with Gasteiger partial charge in [0.1, 0.15) is 18.5 Å². The summed E-state index contributed by atoms with van der Waals surface area (Å²) in [4.78, 5) is 26.1. The predicted octanol–water partition coefficient (Wildman–Crippen LogP) is 2.56. The molecule has 0 saturated carbocycles. The fourth-order valence-corrected chi connectivity index (χ4v) is 3.55. The van der Waals surface area contributed by atoms with Crippen molar-refractivity contribution in [3.63, 3.8) is 0 Å². The van der Waals surface area contributed by atoms with Crippen molar-refractivity contribution in [1.82, 2.24) is 4.90 Å². The summed E-state index contributed by atoms with van der Waals surface area (Å²) in [7, 11) is 1.33. The van der Waals surface area contributed by atoms with Gasteiger partial charge in [-0.15, -0.1) is 0 Å². The lowest BCUT2D eigenvalue weighted by atomic mass is 9.96. The van der Waals surface area contributed by atoms with Crippen LogP contribution in [0.5, 0.6) is 5.75 Å². The van der Waals surface area contributed by atoms with Crippen molar-refractivity contribution < 1.29 is 24.2 Å². The van der Waals surface area contributed by atoms with Gasteiger partial charge in [-0.1, -0.05) is 18.2 Å². The molecule has 2 atom stereocenters. The lowest BCUT2D eigenvalue weighted by molar-refractivity contribution is -0.121. The van der Waals surface area contributed by atoms with E-state index in [0.717, 1.165) is 25.1 Å². The molecule has 0 aliphatic carbocycles. The van der Waals surface area contributed by atoms with Crippen molar-refractivity contribution in [3.05, 3.63) is 60.2 Å². The van der Waals surface area contributed by atoms with Crippen LogP contribution in [0, 0.1) is 5.92 Å². The van der Waals surface area contributed by atoms with E-state index in [0.29, 0.717) is 24.4 Å². The van der Waals surface area contributed by atoms with Gasteiger partial charge >= 0.3 is 5.97 Å². The molecule has 2 aromatic carbocycles. The SMILES string of the molecule is COC(=O)c1ccc(OC[C@@H](O)CN2CCC[C@@H](C(=O)Nc3ccccc3)C2)cc1. The molecule has 0 unspecified atom stereocenters. The number of β-amino-alcohol motifs (C(OH)–C–C–N with tert-alkyl or cyclic N) is 1. The molecule has 3 rings (SSSR count). The maximum absolute atomic E-state index is 12.5. The molecule has 1 heterocycles. The lowest BCUT2D eigenvalue weighted by Crippen LogP contribution is -2.44. The van der Waals surface area contributed by atoms with Crippen LogP contribution in [0.3, 0.4) is 0 Å². The second kappa shape index (κ2) is 10.8. The zero-order chi connectivity index (χ0) is 21.3. The fraction of sp³-hybridized carbons (Fsp3) is 0.391. The summed E-state index contributed by atoms with van der Waals surface area (Å²) in [6.07, 6.45) is 1.07. The highest BCUT2D eigenvalue weighted by Gasteiger charge is 2.27. The maximum Gasteiger partial charge on any atom is 0.337 e. The Hall–Kier alpha value is -2.90. The molecule has 160 valence electrons. The number of amides is 1. The Bertz CT molecular complexity index is 825. The maximum atomic E-state index is 12.5. The third-order valence-electron chi connectivity index (χ3n) is 5.10. The van der Waals surface area contributed by atoms with Crippen molar-refractivity contribution in [2.45, 2.75) is 18.9 Å². The van der Waals surface area contributed by atoms with Crippen molar-refractivity contribution in [2.75, 3.05) is 38.7 Å². The molecular formula is C23H28N2O5. The highest BCUT2D eigenvalue weighted by molar-refractivity contribution is 5.92. The van der Waals surface area contributed by atoms with Crippen LogP contribution in [-0.4, -0.2) is 61.3 Å². The number of ether oxygens (including phenoxy) is 2. The Kier molecular flexibility index (Phi) is 7.82. The second-order valence-corrected chi connectivity index (χ2v) is 7.43. The van der Waals surface area contributed by atoms with Gasteiger partial charge in [0.05, 0.1) is 18.6 Å². The average Bonchev–Trinajstić information content (AvgIpc) is 2.78. The van der Waals surface area contributed by atoms with Crippen LogP contribution in [0.25, 0.3) is 0 Å².